The van der Waals surface area contributed by atoms with Crippen LogP contribution < -0.4 is 0 Å². The van der Waals surface area contributed by atoms with Crippen LogP contribution in [0.4, 0.5) is 0 Å². The maximum Gasteiger partial charge on any atom is -0.0205 e. The molecule has 0 nitrogen and oxygen atoms in total. The van der Waals surface area contributed by atoms with Gasteiger partial charge in [-0.3, -0.25) is 0 Å². The molecule has 2 aliphatic carbocycles. The van der Waals surface area contributed by atoms with E-state index in [0.717, 1.165) is 23.7 Å². The first kappa shape index (κ1) is 21.8. The lowest BCUT2D eigenvalue weighted by Crippen LogP contribution is -2.18. The first-order valence-electron chi connectivity index (χ1n) is 12.1. The van der Waals surface area contributed by atoms with Gasteiger partial charge >= 0.3 is 0 Å². The summed E-state index contributed by atoms with van der Waals surface area (Å²) >= 11 is 0. The van der Waals surface area contributed by atoms with Gasteiger partial charge in [0.2, 0.25) is 0 Å². The molecule has 26 heavy (non-hydrogen) atoms. The molecule has 0 heterocycles. The summed E-state index contributed by atoms with van der Waals surface area (Å²) in [5, 5.41) is 0. The monoisotopic (exact) mass is 358 g/mol. The molecule has 0 amide bonds. The molecule has 0 bridgehead atoms. The van der Waals surface area contributed by atoms with Gasteiger partial charge in [0.15, 0.2) is 0 Å². The minimum absolute atomic E-state index is 0.905. The van der Waals surface area contributed by atoms with Gasteiger partial charge in [-0.05, 0) is 69.1 Å². The standard InChI is InChI=1S/C26H46/c1-3-5-7-13-23-19-21-24(22-20-23)14-9-10-16-26-18-12-11-17-25(26)15-8-6-4-2/h3,5,8,15,23-26H,4,6-7,9-14,16-22H2,1-2H3/b5-3+,15-8+. The van der Waals surface area contributed by atoms with Crippen LogP contribution in [-0.2, 0) is 0 Å². The third-order valence-electron chi connectivity index (χ3n) is 7.19. The summed E-state index contributed by atoms with van der Waals surface area (Å²) in [6, 6.07) is 0. The average Bonchev–Trinajstić information content (AvgIpc) is 2.68. The molecule has 2 unspecified atom stereocenters. The fraction of sp³-hybridized carbons (Fsp3) is 0.846. The molecule has 0 heteroatoms. The molecule has 0 aromatic heterocycles. The van der Waals surface area contributed by atoms with Crippen LogP contribution in [0.5, 0.6) is 0 Å². The summed E-state index contributed by atoms with van der Waals surface area (Å²) in [6.07, 6.45) is 32.9. The highest BCUT2D eigenvalue weighted by atomic mass is 14.3. The molecular weight excluding hydrogens is 312 g/mol. The lowest BCUT2D eigenvalue weighted by Gasteiger charge is -2.30. The first-order chi connectivity index (χ1) is 12.8. The zero-order valence-corrected chi connectivity index (χ0v) is 17.9. The first-order valence-corrected chi connectivity index (χ1v) is 12.1. The van der Waals surface area contributed by atoms with E-state index in [0.29, 0.717) is 0 Å². The summed E-state index contributed by atoms with van der Waals surface area (Å²) in [5.41, 5.74) is 0. The van der Waals surface area contributed by atoms with E-state index < -0.39 is 0 Å². The van der Waals surface area contributed by atoms with Gasteiger partial charge in [0, 0.05) is 0 Å². The normalized spacial score (nSPS) is 30.4. The number of rotatable bonds is 11. The van der Waals surface area contributed by atoms with Crippen molar-refractivity contribution in [3.63, 3.8) is 0 Å². The van der Waals surface area contributed by atoms with E-state index in [9.17, 15) is 0 Å². The molecule has 2 saturated carbocycles. The van der Waals surface area contributed by atoms with Crippen molar-refractivity contribution < 1.29 is 0 Å². The van der Waals surface area contributed by atoms with Crippen molar-refractivity contribution in [2.24, 2.45) is 23.7 Å². The Bertz CT molecular complexity index is 383. The second kappa shape index (κ2) is 13.6. The van der Waals surface area contributed by atoms with Crippen molar-refractivity contribution in [1.29, 1.82) is 0 Å². The summed E-state index contributed by atoms with van der Waals surface area (Å²) < 4.78 is 0. The molecule has 2 rings (SSSR count). The number of hydrogen-bond donors (Lipinski definition) is 0. The van der Waals surface area contributed by atoms with E-state index in [1.54, 1.807) is 0 Å². The maximum absolute atomic E-state index is 2.59. The predicted octanol–water partition coefficient (Wildman–Crippen LogP) is 8.87. The molecule has 0 aromatic carbocycles. The minimum Gasteiger partial charge on any atom is -0.0917 e. The van der Waals surface area contributed by atoms with Crippen LogP contribution in [0.3, 0.4) is 0 Å². The van der Waals surface area contributed by atoms with E-state index >= 15 is 0 Å². The topological polar surface area (TPSA) is 0 Å². The largest absolute Gasteiger partial charge is 0.0917 e. The highest BCUT2D eigenvalue weighted by Crippen LogP contribution is 2.37. The van der Waals surface area contributed by atoms with Crippen molar-refractivity contribution in [2.45, 2.75) is 117 Å². The zero-order chi connectivity index (χ0) is 18.5. The van der Waals surface area contributed by atoms with Crippen molar-refractivity contribution in [1.82, 2.24) is 0 Å². The highest BCUT2D eigenvalue weighted by molar-refractivity contribution is 4.93. The van der Waals surface area contributed by atoms with Gasteiger partial charge in [-0.15, -0.1) is 0 Å². The molecule has 2 atom stereocenters. The lowest BCUT2D eigenvalue weighted by atomic mass is 9.75. The van der Waals surface area contributed by atoms with E-state index in [2.05, 4.69) is 38.2 Å². The minimum atomic E-state index is 0.905. The van der Waals surface area contributed by atoms with Crippen LogP contribution >= 0.6 is 0 Å². The quantitative estimate of drug-likeness (QED) is 0.255. The van der Waals surface area contributed by atoms with Crippen LogP contribution in [0.1, 0.15) is 117 Å². The van der Waals surface area contributed by atoms with Crippen LogP contribution in [0, 0.1) is 23.7 Å². The van der Waals surface area contributed by atoms with Gasteiger partial charge < -0.3 is 0 Å². The third kappa shape index (κ3) is 8.45. The summed E-state index contributed by atoms with van der Waals surface area (Å²) in [4.78, 5) is 0. The molecule has 2 aliphatic rings. The second-order valence-electron chi connectivity index (χ2n) is 9.24. The van der Waals surface area contributed by atoms with Crippen LogP contribution in [0.15, 0.2) is 24.3 Å². The Morgan fingerprint density at radius 3 is 2.15 bits per heavy atom. The van der Waals surface area contributed by atoms with Crippen molar-refractivity contribution in [3.8, 4) is 0 Å². The van der Waals surface area contributed by atoms with Gasteiger partial charge in [0.25, 0.3) is 0 Å². The smallest absolute Gasteiger partial charge is 0.0205 e. The maximum atomic E-state index is 2.59. The predicted molar refractivity (Wildman–Crippen MR) is 117 cm³/mol. The molecule has 2 fully saturated rings. The van der Waals surface area contributed by atoms with Crippen molar-refractivity contribution >= 4 is 0 Å². The molecule has 0 spiro atoms. The van der Waals surface area contributed by atoms with E-state index in [1.807, 2.05) is 0 Å². The number of allylic oxidation sites excluding steroid dienone is 4. The SMILES string of the molecule is C/C=C/CCC1CCC(CCCCC2CCCCC2/C=C/CCC)CC1. The molecule has 0 aliphatic heterocycles. The van der Waals surface area contributed by atoms with Crippen LogP contribution in [-0.4, -0.2) is 0 Å². The van der Waals surface area contributed by atoms with Gasteiger partial charge in [0.05, 0.1) is 0 Å². The Morgan fingerprint density at radius 1 is 0.731 bits per heavy atom. The molecule has 0 saturated heterocycles. The Labute approximate surface area is 164 Å². The summed E-state index contributed by atoms with van der Waals surface area (Å²) in [7, 11) is 0. The fourth-order valence-electron chi connectivity index (χ4n) is 5.43. The van der Waals surface area contributed by atoms with Crippen LogP contribution in [0.2, 0.25) is 0 Å². The third-order valence-corrected chi connectivity index (χ3v) is 7.19. The van der Waals surface area contributed by atoms with E-state index in [1.165, 1.54) is 103 Å². The second-order valence-corrected chi connectivity index (χ2v) is 9.24. The van der Waals surface area contributed by atoms with E-state index in [-0.39, 0.29) is 0 Å². The Morgan fingerprint density at radius 2 is 1.42 bits per heavy atom. The van der Waals surface area contributed by atoms with Gasteiger partial charge in [-0.25, -0.2) is 0 Å². The molecule has 0 aromatic rings. The summed E-state index contributed by atoms with van der Waals surface area (Å²) in [6.45, 7) is 4.44. The van der Waals surface area contributed by atoms with Crippen molar-refractivity contribution in [3.05, 3.63) is 24.3 Å². The van der Waals surface area contributed by atoms with Gasteiger partial charge in [-0.2, -0.15) is 0 Å². The van der Waals surface area contributed by atoms with Gasteiger partial charge in [0.1, 0.15) is 0 Å². The Kier molecular flexibility index (Phi) is 11.4. The molecule has 150 valence electrons. The van der Waals surface area contributed by atoms with Crippen LogP contribution in [0.25, 0.3) is 0 Å². The molecular formula is C26H46. The number of unbranched alkanes of at least 4 members (excludes halogenated alkanes) is 2. The fourth-order valence-corrected chi connectivity index (χ4v) is 5.43. The van der Waals surface area contributed by atoms with E-state index in [4.69, 9.17) is 0 Å². The van der Waals surface area contributed by atoms with Gasteiger partial charge in [-0.1, -0.05) is 95.4 Å². The van der Waals surface area contributed by atoms with Crippen molar-refractivity contribution in [2.75, 3.05) is 0 Å². The zero-order valence-electron chi connectivity index (χ0n) is 17.9. The molecule has 0 N–H and O–H groups in total. The average molecular weight is 359 g/mol. The summed E-state index contributed by atoms with van der Waals surface area (Å²) in [5.74, 6) is 3.99. The molecule has 0 radical (unpaired) electrons. The highest BCUT2D eigenvalue weighted by Gasteiger charge is 2.23. The lowest BCUT2D eigenvalue weighted by molar-refractivity contribution is 0.237. The Balaban J connectivity index is 1.56. The number of hydrogen-bond acceptors (Lipinski definition) is 0. The Hall–Kier alpha value is -0.520.